The first-order chi connectivity index (χ1) is 11.1. The first-order valence-corrected chi connectivity index (χ1v) is 7.54. The molecule has 0 unspecified atom stereocenters. The first-order valence-electron chi connectivity index (χ1n) is 7.54. The number of hydrogen-bond acceptors (Lipinski definition) is 3. The lowest BCUT2D eigenvalue weighted by molar-refractivity contribution is -0.130. The van der Waals surface area contributed by atoms with Crippen LogP contribution in [0.4, 0.5) is 4.39 Å². The molecular weight excluding hydrogens is 297 g/mol. The molecule has 0 saturated heterocycles. The van der Waals surface area contributed by atoms with Crippen molar-refractivity contribution in [3.63, 3.8) is 0 Å². The molecule has 5 nitrogen and oxygen atoms in total. The summed E-state index contributed by atoms with van der Waals surface area (Å²) in [7, 11) is 0. The van der Waals surface area contributed by atoms with E-state index in [0.717, 1.165) is 11.9 Å². The molecule has 0 bridgehead atoms. The van der Waals surface area contributed by atoms with E-state index in [1.807, 2.05) is 13.0 Å². The van der Waals surface area contributed by atoms with Gasteiger partial charge in [-0.1, -0.05) is 12.1 Å². The molecule has 1 heterocycles. The summed E-state index contributed by atoms with van der Waals surface area (Å²) < 4.78 is 19.2. The van der Waals surface area contributed by atoms with Gasteiger partial charge < -0.3 is 9.64 Å². The Labute approximate surface area is 135 Å². The van der Waals surface area contributed by atoms with E-state index < -0.39 is 5.82 Å². The topological polar surface area (TPSA) is 65.8 Å². The van der Waals surface area contributed by atoms with Crippen molar-refractivity contribution in [2.45, 2.75) is 19.8 Å². The Hall–Kier alpha value is -2.50. The van der Waals surface area contributed by atoms with Crippen LogP contribution in [0.1, 0.15) is 18.9 Å². The van der Waals surface area contributed by atoms with Crippen molar-refractivity contribution >= 4 is 18.5 Å². The summed E-state index contributed by atoms with van der Waals surface area (Å²) in [6.07, 6.45) is 5.24. The normalized spacial score (nSPS) is 14.7. The van der Waals surface area contributed by atoms with E-state index in [-0.39, 0.29) is 12.3 Å². The quantitative estimate of drug-likeness (QED) is 0.647. The molecule has 23 heavy (non-hydrogen) atoms. The fraction of sp³-hybridized carbons (Fsp3) is 0.353. The third kappa shape index (κ3) is 4.74. The van der Waals surface area contributed by atoms with E-state index in [2.05, 4.69) is 4.99 Å². The van der Waals surface area contributed by atoms with Crippen LogP contribution in [0.3, 0.4) is 0 Å². The third-order valence-corrected chi connectivity index (χ3v) is 3.59. The van der Waals surface area contributed by atoms with Crippen molar-refractivity contribution in [3.05, 3.63) is 41.2 Å². The highest BCUT2D eigenvalue weighted by molar-refractivity contribution is 5.85. The number of carbonyl (C=O) groups is 1. The van der Waals surface area contributed by atoms with Crippen molar-refractivity contribution < 1.29 is 13.9 Å². The van der Waals surface area contributed by atoms with Gasteiger partial charge in [0.05, 0.1) is 13.0 Å². The molecule has 2 rings (SSSR count). The number of nitrogens with zero attached hydrogens (tertiary/aromatic N) is 2. The van der Waals surface area contributed by atoms with Gasteiger partial charge in [-0.05, 0) is 30.5 Å². The zero-order valence-corrected chi connectivity index (χ0v) is 13.1. The van der Waals surface area contributed by atoms with E-state index in [1.54, 1.807) is 23.2 Å². The minimum Gasteiger partial charge on any atom is -0.494 e. The smallest absolute Gasteiger partial charge is 0.227 e. The van der Waals surface area contributed by atoms with Gasteiger partial charge in [-0.3, -0.25) is 10.2 Å². The Balaban J connectivity index is 1.96. The standard InChI is InChI=1S/C17H20FN3O2/c1-2-23-15-4-3-14(16(18)10-15)9-17(22)21-7-5-13(6-8-21)11-20-12-19/h3-5,10-12,19H,2,6-9H2,1H3. The summed E-state index contributed by atoms with van der Waals surface area (Å²) in [6, 6.07) is 4.59. The van der Waals surface area contributed by atoms with Crippen molar-refractivity contribution in [1.82, 2.24) is 4.90 Å². The average Bonchev–Trinajstić information content (AvgIpc) is 2.56. The van der Waals surface area contributed by atoms with Gasteiger partial charge in [-0.2, -0.15) is 0 Å². The molecule has 0 saturated carbocycles. The van der Waals surface area contributed by atoms with Crippen LogP contribution in [-0.4, -0.2) is 43.1 Å². The lowest BCUT2D eigenvalue weighted by atomic mass is 10.1. The fourth-order valence-electron chi connectivity index (χ4n) is 2.36. The Kier molecular flexibility index (Phi) is 6.02. The van der Waals surface area contributed by atoms with E-state index in [0.29, 0.717) is 37.4 Å². The second kappa shape index (κ2) is 8.22. The molecule has 0 spiro atoms. The molecule has 0 fully saturated rings. The summed E-state index contributed by atoms with van der Waals surface area (Å²) in [5.41, 5.74) is 1.38. The van der Waals surface area contributed by atoms with Crippen molar-refractivity contribution in [2.24, 2.45) is 4.99 Å². The Morgan fingerprint density at radius 1 is 1.52 bits per heavy atom. The number of nitrogens with one attached hydrogen (secondary N) is 1. The van der Waals surface area contributed by atoms with E-state index in [1.165, 1.54) is 6.07 Å². The van der Waals surface area contributed by atoms with Gasteiger partial charge in [0.15, 0.2) is 0 Å². The maximum atomic E-state index is 14.0. The van der Waals surface area contributed by atoms with Crippen LogP contribution < -0.4 is 4.74 Å². The van der Waals surface area contributed by atoms with Crippen LogP contribution in [0, 0.1) is 11.2 Å². The number of benzene rings is 1. The van der Waals surface area contributed by atoms with Crippen LogP contribution in [0.2, 0.25) is 0 Å². The number of ether oxygens (including phenoxy) is 1. The van der Waals surface area contributed by atoms with Gasteiger partial charge in [-0.25, -0.2) is 9.38 Å². The minimum atomic E-state index is -0.421. The molecule has 6 heteroatoms. The molecule has 1 aliphatic rings. The van der Waals surface area contributed by atoms with Crippen molar-refractivity contribution in [1.29, 1.82) is 5.41 Å². The van der Waals surface area contributed by atoms with Gasteiger partial charge in [0.2, 0.25) is 5.91 Å². The first kappa shape index (κ1) is 16.9. The molecule has 122 valence electrons. The molecule has 0 atom stereocenters. The van der Waals surface area contributed by atoms with Crippen LogP contribution in [0.25, 0.3) is 0 Å². The summed E-state index contributed by atoms with van der Waals surface area (Å²) in [6.45, 7) is 3.37. The lowest BCUT2D eigenvalue weighted by Crippen LogP contribution is -2.36. The van der Waals surface area contributed by atoms with Crippen LogP contribution >= 0.6 is 0 Å². The predicted octanol–water partition coefficient (Wildman–Crippen LogP) is 2.60. The highest BCUT2D eigenvalue weighted by Crippen LogP contribution is 2.18. The summed E-state index contributed by atoms with van der Waals surface area (Å²) in [5, 5.41) is 6.86. The van der Waals surface area contributed by atoms with Gasteiger partial charge >= 0.3 is 0 Å². The van der Waals surface area contributed by atoms with Crippen LogP contribution in [0.5, 0.6) is 5.75 Å². The molecule has 1 N–H and O–H groups in total. The van der Waals surface area contributed by atoms with Crippen molar-refractivity contribution in [2.75, 3.05) is 19.7 Å². The molecule has 1 aliphatic heterocycles. The third-order valence-electron chi connectivity index (χ3n) is 3.59. The summed E-state index contributed by atoms with van der Waals surface area (Å²) in [4.78, 5) is 17.7. The van der Waals surface area contributed by atoms with E-state index in [9.17, 15) is 9.18 Å². The molecule has 0 aliphatic carbocycles. The van der Waals surface area contributed by atoms with Crippen LogP contribution in [-0.2, 0) is 11.2 Å². The monoisotopic (exact) mass is 317 g/mol. The largest absolute Gasteiger partial charge is 0.494 e. The number of amides is 1. The SMILES string of the molecule is CCOc1ccc(CC(=O)N2CC=C(C=NC=N)CC2)c(F)c1. The zero-order chi connectivity index (χ0) is 16.7. The highest BCUT2D eigenvalue weighted by Gasteiger charge is 2.18. The number of halogens is 1. The molecule has 1 amide bonds. The minimum absolute atomic E-state index is 0.0377. The Bertz CT molecular complexity index is 641. The summed E-state index contributed by atoms with van der Waals surface area (Å²) >= 11 is 0. The zero-order valence-electron chi connectivity index (χ0n) is 13.1. The second-order valence-corrected chi connectivity index (χ2v) is 5.14. The lowest BCUT2D eigenvalue weighted by Gasteiger charge is -2.25. The second-order valence-electron chi connectivity index (χ2n) is 5.14. The molecule has 0 aromatic heterocycles. The van der Waals surface area contributed by atoms with Crippen LogP contribution in [0.15, 0.2) is 34.8 Å². The van der Waals surface area contributed by atoms with Gasteiger partial charge in [0.25, 0.3) is 0 Å². The average molecular weight is 317 g/mol. The van der Waals surface area contributed by atoms with Crippen molar-refractivity contribution in [3.8, 4) is 5.75 Å². The fourth-order valence-corrected chi connectivity index (χ4v) is 2.36. The van der Waals surface area contributed by atoms with Gasteiger partial charge in [-0.15, -0.1) is 0 Å². The number of hydrogen-bond donors (Lipinski definition) is 1. The maximum Gasteiger partial charge on any atom is 0.227 e. The Morgan fingerprint density at radius 2 is 2.35 bits per heavy atom. The van der Waals surface area contributed by atoms with E-state index >= 15 is 0 Å². The number of carbonyl (C=O) groups excluding carboxylic acids is 1. The highest BCUT2D eigenvalue weighted by atomic mass is 19.1. The molecule has 1 aromatic carbocycles. The maximum absolute atomic E-state index is 14.0. The van der Waals surface area contributed by atoms with Gasteiger partial charge in [0, 0.05) is 25.4 Å². The van der Waals surface area contributed by atoms with Gasteiger partial charge in [0.1, 0.15) is 17.9 Å². The predicted molar refractivity (Wildman–Crippen MR) is 87.8 cm³/mol. The molecular formula is C17H20FN3O2. The molecule has 1 aromatic rings. The molecule has 0 radical (unpaired) electrons. The Morgan fingerprint density at radius 3 is 2.96 bits per heavy atom. The van der Waals surface area contributed by atoms with E-state index in [4.69, 9.17) is 10.1 Å². The summed E-state index contributed by atoms with van der Waals surface area (Å²) in [5.74, 6) is -0.0553. The number of rotatable bonds is 6. The number of aliphatic imine (C=N–C) groups is 1.